The van der Waals surface area contributed by atoms with Gasteiger partial charge in [-0.05, 0) is 44.6 Å². The molecule has 0 aliphatic carbocycles. The highest BCUT2D eigenvalue weighted by Gasteiger charge is 2.18. The SMILES string of the molecule is CCCCCCCC/C=C\C(CCCCCCC(=O)NCC(=O)NC(CO)C(=O)O)OC(=O)CCCCCCCCCCCCCCCCCCCCC. The Morgan fingerprint density at radius 3 is 1.44 bits per heavy atom. The molecule has 0 spiro atoms. The number of amides is 2. The van der Waals surface area contributed by atoms with E-state index in [9.17, 15) is 19.2 Å². The van der Waals surface area contributed by atoms with E-state index < -0.39 is 24.5 Å². The zero-order valence-electron chi connectivity index (χ0n) is 35.0. The topological polar surface area (TPSA) is 142 Å². The summed E-state index contributed by atoms with van der Waals surface area (Å²) in [6, 6.07) is -1.39. The lowest BCUT2D eigenvalue weighted by atomic mass is 10.0. The number of hydrogen-bond donors (Lipinski definition) is 4. The second kappa shape index (κ2) is 40.2. The molecule has 4 N–H and O–H groups in total. The first-order valence-electron chi connectivity index (χ1n) is 22.6. The van der Waals surface area contributed by atoms with Crippen molar-refractivity contribution >= 4 is 23.8 Å². The average Bonchev–Trinajstić information content (AvgIpc) is 3.15. The van der Waals surface area contributed by atoms with E-state index in [2.05, 4.69) is 36.6 Å². The van der Waals surface area contributed by atoms with E-state index in [0.29, 0.717) is 12.8 Å². The molecule has 2 atom stereocenters. The lowest BCUT2D eigenvalue weighted by Crippen LogP contribution is -2.47. The van der Waals surface area contributed by atoms with Crippen LogP contribution in [0.4, 0.5) is 0 Å². The molecule has 0 aliphatic rings. The number of aliphatic hydroxyl groups excluding tert-OH is 1. The monoisotopic (exact) mass is 765 g/mol. The Morgan fingerprint density at radius 1 is 0.556 bits per heavy atom. The largest absolute Gasteiger partial charge is 0.480 e. The van der Waals surface area contributed by atoms with E-state index in [1.54, 1.807) is 0 Å². The summed E-state index contributed by atoms with van der Waals surface area (Å²) in [5.74, 6) is -2.38. The van der Waals surface area contributed by atoms with Gasteiger partial charge >= 0.3 is 11.9 Å². The van der Waals surface area contributed by atoms with Crippen LogP contribution < -0.4 is 10.6 Å². The van der Waals surface area contributed by atoms with Gasteiger partial charge in [-0.3, -0.25) is 14.4 Å². The number of rotatable bonds is 41. The number of aliphatic carboxylic acids is 1. The number of carboxylic acid groups (broad SMARTS) is 1. The quantitative estimate of drug-likeness (QED) is 0.0276. The van der Waals surface area contributed by atoms with Crippen molar-refractivity contribution in [3.63, 3.8) is 0 Å². The van der Waals surface area contributed by atoms with E-state index in [1.807, 2.05) is 0 Å². The third kappa shape index (κ3) is 36.6. The lowest BCUT2D eigenvalue weighted by Gasteiger charge is -2.15. The normalized spacial score (nSPS) is 12.5. The van der Waals surface area contributed by atoms with Gasteiger partial charge in [0.1, 0.15) is 12.1 Å². The Hall–Kier alpha value is -2.42. The standard InChI is InChI=1S/C45H84N2O7/c1-3-5-7-9-11-13-14-15-16-17-18-19-20-21-22-23-25-27-33-37-44(51)54-40(34-30-26-24-12-10-8-6-4-2)35-31-28-29-32-36-42(49)46-38-43(50)47-41(39-48)45(52)53/h30,34,40-41,48H,3-29,31-33,35-39H2,1-2H3,(H,46,49)(H,47,50)(H,52,53)/b34-30-. The van der Waals surface area contributed by atoms with Crippen LogP contribution in [-0.4, -0.2) is 59.3 Å². The summed E-state index contributed by atoms with van der Waals surface area (Å²) in [6.45, 7) is 3.46. The highest BCUT2D eigenvalue weighted by atomic mass is 16.5. The molecule has 316 valence electrons. The Labute approximate surface area is 331 Å². The maximum Gasteiger partial charge on any atom is 0.328 e. The first-order valence-corrected chi connectivity index (χ1v) is 22.6. The molecular formula is C45H84N2O7. The summed E-state index contributed by atoms with van der Waals surface area (Å²) < 4.78 is 5.92. The van der Waals surface area contributed by atoms with Crippen LogP contribution in [0.5, 0.6) is 0 Å². The number of ether oxygens (including phenoxy) is 1. The van der Waals surface area contributed by atoms with Crippen molar-refractivity contribution < 1.29 is 34.1 Å². The minimum Gasteiger partial charge on any atom is -0.480 e. The summed E-state index contributed by atoms with van der Waals surface area (Å²) in [5, 5.41) is 22.5. The smallest absolute Gasteiger partial charge is 0.328 e. The van der Waals surface area contributed by atoms with Crippen molar-refractivity contribution in [3.8, 4) is 0 Å². The number of carbonyl (C=O) groups is 4. The van der Waals surface area contributed by atoms with Gasteiger partial charge in [-0.25, -0.2) is 4.79 Å². The zero-order valence-corrected chi connectivity index (χ0v) is 35.0. The van der Waals surface area contributed by atoms with Crippen LogP contribution in [0.1, 0.15) is 226 Å². The molecule has 2 amide bonds. The van der Waals surface area contributed by atoms with Crippen molar-refractivity contribution in [2.75, 3.05) is 13.2 Å². The van der Waals surface area contributed by atoms with Crippen LogP contribution in [0.3, 0.4) is 0 Å². The molecule has 0 aromatic rings. The first-order chi connectivity index (χ1) is 26.3. The molecule has 9 heteroatoms. The molecule has 0 aromatic heterocycles. The number of unbranched alkanes of at least 4 members (excludes halogenated alkanes) is 27. The number of allylic oxidation sites excluding steroid dienone is 1. The van der Waals surface area contributed by atoms with Gasteiger partial charge in [-0.15, -0.1) is 0 Å². The number of carboxylic acids is 1. The molecule has 0 aliphatic heterocycles. The van der Waals surface area contributed by atoms with E-state index in [-0.39, 0.29) is 30.9 Å². The highest BCUT2D eigenvalue weighted by molar-refractivity contribution is 5.87. The molecule has 0 bridgehead atoms. The molecule has 0 heterocycles. The summed E-state index contributed by atoms with van der Waals surface area (Å²) in [6.07, 6.45) is 42.6. The fraction of sp³-hybridized carbons (Fsp3) is 0.867. The van der Waals surface area contributed by atoms with Gasteiger partial charge in [-0.1, -0.05) is 180 Å². The molecule has 9 nitrogen and oxygen atoms in total. The number of esters is 1. The van der Waals surface area contributed by atoms with Crippen molar-refractivity contribution in [1.82, 2.24) is 10.6 Å². The Kier molecular flexibility index (Phi) is 38.4. The van der Waals surface area contributed by atoms with Crippen molar-refractivity contribution in [3.05, 3.63) is 12.2 Å². The van der Waals surface area contributed by atoms with Gasteiger partial charge in [0, 0.05) is 12.8 Å². The zero-order chi connectivity index (χ0) is 39.7. The molecule has 0 radical (unpaired) electrons. The van der Waals surface area contributed by atoms with Crippen LogP contribution >= 0.6 is 0 Å². The third-order valence-electron chi connectivity index (χ3n) is 10.2. The molecule has 0 rings (SSSR count). The van der Waals surface area contributed by atoms with Crippen molar-refractivity contribution in [2.45, 2.75) is 238 Å². The van der Waals surface area contributed by atoms with Crippen molar-refractivity contribution in [2.24, 2.45) is 0 Å². The molecule has 0 fully saturated rings. The molecule has 0 saturated carbocycles. The minimum absolute atomic E-state index is 0.106. The van der Waals surface area contributed by atoms with Gasteiger partial charge in [0.15, 0.2) is 0 Å². The van der Waals surface area contributed by atoms with Gasteiger partial charge in [-0.2, -0.15) is 0 Å². The fourth-order valence-corrected chi connectivity index (χ4v) is 6.74. The Balaban J connectivity index is 4.15. The summed E-state index contributed by atoms with van der Waals surface area (Å²) in [5.41, 5.74) is 0. The first kappa shape index (κ1) is 51.6. The third-order valence-corrected chi connectivity index (χ3v) is 10.2. The number of hydrogen-bond acceptors (Lipinski definition) is 6. The molecule has 2 unspecified atom stereocenters. The van der Waals surface area contributed by atoms with Gasteiger partial charge in [0.05, 0.1) is 13.2 Å². The highest BCUT2D eigenvalue weighted by Crippen LogP contribution is 2.17. The minimum atomic E-state index is -1.39. The van der Waals surface area contributed by atoms with Crippen molar-refractivity contribution in [1.29, 1.82) is 0 Å². The van der Waals surface area contributed by atoms with Crippen LogP contribution in [0.2, 0.25) is 0 Å². The maximum absolute atomic E-state index is 12.7. The van der Waals surface area contributed by atoms with Crippen LogP contribution in [0, 0.1) is 0 Å². The number of nitrogens with one attached hydrogen (secondary N) is 2. The van der Waals surface area contributed by atoms with Crippen LogP contribution in [0.15, 0.2) is 12.2 Å². The Bertz CT molecular complexity index is 926. The second-order valence-electron chi connectivity index (χ2n) is 15.5. The van der Waals surface area contributed by atoms with E-state index >= 15 is 0 Å². The molecule has 0 aromatic carbocycles. The Morgan fingerprint density at radius 2 is 0.981 bits per heavy atom. The lowest BCUT2D eigenvalue weighted by molar-refractivity contribution is -0.147. The van der Waals surface area contributed by atoms with Gasteiger partial charge < -0.3 is 25.6 Å². The summed E-state index contributed by atoms with van der Waals surface area (Å²) in [4.78, 5) is 47.5. The van der Waals surface area contributed by atoms with Gasteiger partial charge in [0.25, 0.3) is 0 Å². The van der Waals surface area contributed by atoms with E-state index in [0.717, 1.165) is 51.4 Å². The molecule has 0 saturated heterocycles. The summed E-state index contributed by atoms with van der Waals surface area (Å²) >= 11 is 0. The molecular weight excluding hydrogens is 681 g/mol. The van der Waals surface area contributed by atoms with Crippen LogP contribution in [0.25, 0.3) is 0 Å². The summed E-state index contributed by atoms with van der Waals surface area (Å²) in [7, 11) is 0. The maximum atomic E-state index is 12.7. The number of carbonyl (C=O) groups excluding carboxylic acids is 3. The predicted molar refractivity (Wildman–Crippen MR) is 222 cm³/mol. The predicted octanol–water partition coefficient (Wildman–Crippen LogP) is 11.0. The second-order valence-corrected chi connectivity index (χ2v) is 15.5. The average molecular weight is 765 g/mol. The number of aliphatic hydroxyl groups is 1. The van der Waals surface area contributed by atoms with Gasteiger partial charge in [0.2, 0.25) is 11.8 Å². The van der Waals surface area contributed by atoms with E-state index in [4.69, 9.17) is 14.9 Å². The van der Waals surface area contributed by atoms with E-state index in [1.165, 1.54) is 141 Å². The van der Waals surface area contributed by atoms with Crippen LogP contribution in [-0.2, 0) is 23.9 Å². The fourth-order valence-electron chi connectivity index (χ4n) is 6.74. The molecule has 54 heavy (non-hydrogen) atoms.